The van der Waals surface area contributed by atoms with Crippen molar-refractivity contribution in [3.63, 3.8) is 0 Å². The molecule has 1 aromatic carbocycles. The Labute approximate surface area is 127 Å². The number of halogens is 1. The van der Waals surface area contributed by atoms with E-state index in [1.54, 1.807) is 0 Å². The van der Waals surface area contributed by atoms with Crippen LogP contribution >= 0.6 is 15.9 Å². The SMILES string of the molecule is OCC1CCCOC1c1cc(Br)c2c(c1)OCCCO2. The Morgan fingerprint density at radius 3 is 2.85 bits per heavy atom. The van der Waals surface area contributed by atoms with Crippen molar-refractivity contribution < 1.29 is 19.3 Å². The Morgan fingerprint density at radius 1 is 1.15 bits per heavy atom. The lowest BCUT2D eigenvalue weighted by molar-refractivity contribution is -0.0458. The fourth-order valence-corrected chi connectivity index (χ4v) is 3.39. The lowest BCUT2D eigenvalue weighted by Gasteiger charge is -2.31. The van der Waals surface area contributed by atoms with Crippen molar-refractivity contribution in [1.29, 1.82) is 0 Å². The van der Waals surface area contributed by atoms with Crippen molar-refractivity contribution in [3.05, 3.63) is 22.2 Å². The third kappa shape index (κ3) is 2.80. The fourth-order valence-electron chi connectivity index (χ4n) is 2.81. The van der Waals surface area contributed by atoms with E-state index in [4.69, 9.17) is 14.2 Å². The second kappa shape index (κ2) is 6.33. The zero-order valence-electron chi connectivity index (χ0n) is 11.3. The predicted octanol–water partition coefficient (Wildman–Crippen LogP) is 3.07. The van der Waals surface area contributed by atoms with E-state index in [1.165, 1.54) is 0 Å². The van der Waals surface area contributed by atoms with Gasteiger partial charge in [-0.2, -0.15) is 0 Å². The van der Waals surface area contributed by atoms with Crippen molar-refractivity contribution >= 4 is 15.9 Å². The summed E-state index contributed by atoms with van der Waals surface area (Å²) >= 11 is 3.55. The van der Waals surface area contributed by atoms with Crippen LogP contribution in [0, 0.1) is 5.92 Å². The Bertz CT molecular complexity index is 477. The van der Waals surface area contributed by atoms with Gasteiger partial charge in [0, 0.05) is 25.6 Å². The molecule has 110 valence electrons. The zero-order chi connectivity index (χ0) is 13.9. The number of benzene rings is 1. The van der Waals surface area contributed by atoms with Crippen LogP contribution in [0.1, 0.15) is 30.9 Å². The summed E-state index contributed by atoms with van der Waals surface area (Å²) in [7, 11) is 0. The lowest BCUT2D eigenvalue weighted by Crippen LogP contribution is -2.25. The van der Waals surface area contributed by atoms with Gasteiger partial charge in [-0.25, -0.2) is 0 Å². The maximum absolute atomic E-state index is 9.53. The molecule has 2 heterocycles. The minimum atomic E-state index is -0.0674. The van der Waals surface area contributed by atoms with Crippen LogP contribution in [-0.2, 0) is 4.74 Å². The molecule has 20 heavy (non-hydrogen) atoms. The molecular weight excluding hydrogens is 324 g/mol. The topological polar surface area (TPSA) is 47.9 Å². The van der Waals surface area contributed by atoms with E-state index >= 15 is 0 Å². The van der Waals surface area contributed by atoms with Crippen LogP contribution in [0.2, 0.25) is 0 Å². The molecule has 0 radical (unpaired) electrons. The van der Waals surface area contributed by atoms with Gasteiger partial charge in [-0.05, 0) is 46.5 Å². The molecule has 0 spiro atoms. The molecule has 2 aliphatic rings. The van der Waals surface area contributed by atoms with Crippen LogP contribution in [0.4, 0.5) is 0 Å². The Balaban J connectivity index is 1.93. The van der Waals surface area contributed by atoms with E-state index in [2.05, 4.69) is 15.9 Å². The third-order valence-electron chi connectivity index (χ3n) is 3.83. The molecule has 1 saturated heterocycles. The van der Waals surface area contributed by atoms with Gasteiger partial charge in [-0.15, -0.1) is 0 Å². The normalized spacial score (nSPS) is 26.1. The number of ether oxygens (including phenoxy) is 3. The molecule has 3 rings (SSSR count). The summed E-state index contributed by atoms with van der Waals surface area (Å²) in [6.07, 6.45) is 2.82. The molecule has 2 unspecified atom stereocenters. The molecule has 1 aromatic rings. The second-order valence-corrected chi connectivity index (χ2v) is 6.11. The van der Waals surface area contributed by atoms with E-state index < -0.39 is 0 Å². The van der Waals surface area contributed by atoms with E-state index in [9.17, 15) is 5.11 Å². The first-order chi connectivity index (χ1) is 9.79. The number of hydrogen-bond acceptors (Lipinski definition) is 4. The predicted molar refractivity (Wildman–Crippen MR) is 78.3 cm³/mol. The average Bonchev–Trinajstić information content (AvgIpc) is 2.73. The van der Waals surface area contributed by atoms with Gasteiger partial charge in [-0.3, -0.25) is 0 Å². The summed E-state index contributed by atoms with van der Waals surface area (Å²) in [5.74, 6) is 1.68. The van der Waals surface area contributed by atoms with Gasteiger partial charge in [0.15, 0.2) is 11.5 Å². The number of rotatable bonds is 2. The van der Waals surface area contributed by atoms with Crippen molar-refractivity contribution in [3.8, 4) is 11.5 Å². The highest BCUT2D eigenvalue weighted by molar-refractivity contribution is 9.10. The first-order valence-corrected chi connectivity index (χ1v) is 7.90. The molecule has 0 aliphatic carbocycles. The van der Waals surface area contributed by atoms with Gasteiger partial charge in [0.1, 0.15) is 0 Å². The third-order valence-corrected chi connectivity index (χ3v) is 4.42. The number of fused-ring (bicyclic) bond motifs is 1. The van der Waals surface area contributed by atoms with Gasteiger partial charge in [0.2, 0.25) is 0 Å². The van der Waals surface area contributed by atoms with Gasteiger partial charge in [-0.1, -0.05) is 0 Å². The van der Waals surface area contributed by atoms with E-state index in [1.807, 2.05) is 12.1 Å². The highest BCUT2D eigenvalue weighted by Gasteiger charge is 2.29. The minimum Gasteiger partial charge on any atom is -0.490 e. The molecule has 0 saturated carbocycles. The van der Waals surface area contributed by atoms with Gasteiger partial charge >= 0.3 is 0 Å². The van der Waals surface area contributed by atoms with E-state index in [-0.39, 0.29) is 18.6 Å². The van der Waals surface area contributed by atoms with Gasteiger partial charge in [0.05, 0.1) is 23.8 Å². The van der Waals surface area contributed by atoms with Crippen molar-refractivity contribution in [1.82, 2.24) is 0 Å². The minimum absolute atomic E-state index is 0.0674. The van der Waals surface area contributed by atoms with Crippen LogP contribution < -0.4 is 9.47 Å². The standard InChI is InChI=1S/C15H19BrO4/c16-12-7-11(14-10(9-17)3-1-4-19-14)8-13-15(12)20-6-2-5-18-13/h7-8,10,14,17H,1-6,9H2. The summed E-state index contributed by atoms with van der Waals surface area (Å²) < 4.78 is 18.2. The summed E-state index contributed by atoms with van der Waals surface area (Å²) in [4.78, 5) is 0. The summed E-state index contributed by atoms with van der Waals surface area (Å²) in [5, 5.41) is 9.53. The van der Waals surface area contributed by atoms with Crippen molar-refractivity contribution in [2.75, 3.05) is 26.4 Å². The monoisotopic (exact) mass is 342 g/mol. The van der Waals surface area contributed by atoms with Gasteiger partial charge < -0.3 is 19.3 Å². The Hall–Kier alpha value is -0.780. The van der Waals surface area contributed by atoms with Crippen molar-refractivity contribution in [2.45, 2.75) is 25.4 Å². The smallest absolute Gasteiger partial charge is 0.175 e. The largest absolute Gasteiger partial charge is 0.490 e. The maximum atomic E-state index is 9.53. The fraction of sp³-hybridized carbons (Fsp3) is 0.600. The molecule has 2 atom stereocenters. The molecular formula is C15H19BrO4. The van der Waals surface area contributed by atoms with Crippen LogP contribution in [0.25, 0.3) is 0 Å². The maximum Gasteiger partial charge on any atom is 0.175 e. The summed E-state index contributed by atoms with van der Waals surface area (Å²) in [6, 6.07) is 4.01. The molecule has 1 fully saturated rings. The molecule has 4 nitrogen and oxygen atoms in total. The van der Waals surface area contributed by atoms with Gasteiger partial charge in [0.25, 0.3) is 0 Å². The summed E-state index contributed by atoms with van der Waals surface area (Å²) in [6.45, 7) is 2.23. The summed E-state index contributed by atoms with van der Waals surface area (Å²) in [5.41, 5.74) is 1.04. The molecule has 2 aliphatic heterocycles. The molecule has 0 amide bonds. The quantitative estimate of drug-likeness (QED) is 0.897. The van der Waals surface area contributed by atoms with E-state index in [0.717, 1.165) is 47.4 Å². The molecule has 0 bridgehead atoms. The van der Waals surface area contributed by atoms with Crippen LogP contribution in [0.15, 0.2) is 16.6 Å². The lowest BCUT2D eigenvalue weighted by atomic mass is 9.90. The first kappa shape index (κ1) is 14.2. The first-order valence-electron chi connectivity index (χ1n) is 7.11. The molecule has 5 heteroatoms. The Kier molecular flexibility index (Phi) is 4.48. The molecule has 1 N–H and O–H groups in total. The average molecular weight is 343 g/mol. The Morgan fingerprint density at radius 2 is 2.00 bits per heavy atom. The number of aliphatic hydroxyl groups is 1. The van der Waals surface area contributed by atoms with Crippen molar-refractivity contribution in [2.24, 2.45) is 5.92 Å². The van der Waals surface area contributed by atoms with Crippen LogP contribution in [0.3, 0.4) is 0 Å². The molecule has 0 aromatic heterocycles. The second-order valence-electron chi connectivity index (χ2n) is 5.26. The zero-order valence-corrected chi connectivity index (χ0v) is 12.9. The highest BCUT2D eigenvalue weighted by Crippen LogP contribution is 2.42. The van der Waals surface area contributed by atoms with Crippen LogP contribution in [0.5, 0.6) is 11.5 Å². The van der Waals surface area contributed by atoms with Crippen LogP contribution in [-0.4, -0.2) is 31.5 Å². The number of aliphatic hydroxyl groups excluding tert-OH is 1. The highest BCUT2D eigenvalue weighted by atomic mass is 79.9. The van der Waals surface area contributed by atoms with E-state index in [0.29, 0.717) is 13.2 Å². The number of hydrogen-bond donors (Lipinski definition) is 1.